The van der Waals surface area contributed by atoms with E-state index in [1.165, 1.54) is 0 Å². The van der Waals surface area contributed by atoms with E-state index in [1.54, 1.807) is 12.4 Å². The first-order valence-electron chi connectivity index (χ1n) is 1.44. The van der Waals surface area contributed by atoms with Crippen LogP contribution in [0.5, 0.6) is 0 Å². The summed E-state index contributed by atoms with van der Waals surface area (Å²) in [5, 5.41) is 6.21. The largest absolute Gasteiger partial charge is 0.286 e. The van der Waals surface area contributed by atoms with Crippen molar-refractivity contribution in [3.63, 3.8) is 0 Å². The fraction of sp³-hybridized carbons (Fsp3) is 0. The van der Waals surface area contributed by atoms with Crippen molar-refractivity contribution in [2.75, 3.05) is 0 Å². The number of nitrogens with one attached hydrogen (secondary N) is 1. The van der Waals surface area contributed by atoms with Crippen LogP contribution in [0.2, 0.25) is 0 Å². The second-order valence-corrected chi connectivity index (χ2v) is 0.766. The highest BCUT2D eigenvalue weighted by Gasteiger charge is 1.56. The van der Waals surface area contributed by atoms with Crippen LogP contribution in [0, 0.1) is 0 Å². The molecule has 0 atom stereocenters. The van der Waals surface area contributed by atoms with Gasteiger partial charge in [0.25, 0.3) is 0 Å². The monoisotopic (exact) mass is 70.1 g/mol. The first-order chi connectivity index (χ1) is 2.50. The van der Waals surface area contributed by atoms with Gasteiger partial charge in [-0.15, -0.1) is 0 Å². The van der Waals surface area contributed by atoms with Crippen molar-refractivity contribution in [1.29, 1.82) is 0 Å². The molecule has 1 aromatic rings. The summed E-state index contributed by atoms with van der Waals surface area (Å²) in [4.78, 5) is 0. The van der Waals surface area contributed by atoms with E-state index in [4.69, 9.17) is 0 Å². The predicted molar refractivity (Wildman–Crippen MR) is 19.7 cm³/mol. The summed E-state index contributed by atoms with van der Waals surface area (Å²) in [5.74, 6) is 0. The summed E-state index contributed by atoms with van der Waals surface area (Å²) in [6.07, 6.45) is 3.46. The van der Waals surface area contributed by atoms with Crippen molar-refractivity contribution in [3.05, 3.63) is 18.5 Å². The molecule has 1 N–H and O–H groups in total. The van der Waals surface area contributed by atoms with Gasteiger partial charge < -0.3 is 0 Å². The summed E-state index contributed by atoms with van der Waals surface area (Å²) in [7, 11) is 0. The zero-order valence-corrected chi connectivity index (χ0v) is 2.68. The summed E-state index contributed by atoms with van der Waals surface area (Å²) in [6.45, 7) is 0. The van der Waals surface area contributed by atoms with E-state index < -0.39 is 0 Å². The van der Waals surface area contributed by atoms with E-state index in [9.17, 15) is 0 Å². The molecule has 2 heteroatoms. The number of hydrogen-bond donors (Lipinski definition) is 1. The SMILES string of the molecule is [2H].c1cn[nH]c1. The van der Waals surface area contributed by atoms with Crippen molar-refractivity contribution >= 4 is 0 Å². The van der Waals surface area contributed by atoms with E-state index in [2.05, 4.69) is 10.2 Å². The molecule has 0 aliphatic heterocycles. The van der Waals surface area contributed by atoms with Crippen molar-refractivity contribution in [1.82, 2.24) is 10.2 Å². The van der Waals surface area contributed by atoms with Gasteiger partial charge in [0, 0.05) is 13.8 Å². The molecule has 5 heavy (non-hydrogen) atoms. The Morgan fingerprint density at radius 3 is 3.00 bits per heavy atom. The van der Waals surface area contributed by atoms with Crippen LogP contribution in [-0.2, 0) is 0 Å². The normalized spacial score (nSPS) is 8.00. The fourth-order valence-electron chi connectivity index (χ4n) is 0.215. The highest BCUT2D eigenvalue weighted by molar-refractivity contribution is 4.72. The lowest BCUT2D eigenvalue weighted by molar-refractivity contribution is 1.09. The van der Waals surface area contributed by atoms with E-state index in [0.717, 1.165) is 0 Å². The first kappa shape index (κ1) is 2.45. The van der Waals surface area contributed by atoms with E-state index in [0.29, 0.717) is 0 Å². The Hall–Kier alpha value is -0.790. The molecule has 1 aromatic heterocycles. The second kappa shape index (κ2) is 0.885. The van der Waals surface area contributed by atoms with Gasteiger partial charge in [-0.3, -0.25) is 5.10 Å². The molecule has 27 valence electrons. The van der Waals surface area contributed by atoms with Crippen LogP contribution < -0.4 is 0 Å². The van der Waals surface area contributed by atoms with Gasteiger partial charge in [0.05, 0.1) is 0 Å². The van der Waals surface area contributed by atoms with Crippen LogP contribution in [0.15, 0.2) is 18.5 Å². The van der Waals surface area contributed by atoms with Gasteiger partial charge in [-0.1, -0.05) is 0 Å². The summed E-state index contributed by atoms with van der Waals surface area (Å²) in [6, 6.07) is 1.83. The number of hydrogen-bond acceptors (Lipinski definition) is 1. The highest BCUT2D eigenvalue weighted by Crippen LogP contribution is 1.64. The molecule has 0 saturated heterocycles. The minimum absolute atomic E-state index is 0. The number of rotatable bonds is 0. The average Bonchev–Trinajstić information content (AvgIpc) is 1.76. The van der Waals surface area contributed by atoms with E-state index in [-0.39, 0.29) is 1.43 Å². The molecular weight excluding hydrogens is 64.0 g/mol. The van der Waals surface area contributed by atoms with Crippen molar-refractivity contribution < 1.29 is 1.43 Å². The minimum Gasteiger partial charge on any atom is -0.286 e. The number of nitrogens with zero attached hydrogens (tertiary/aromatic N) is 1. The minimum atomic E-state index is 0. The summed E-state index contributed by atoms with van der Waals surface area (Å²) >= 11 is 0. The molecule has 1 radical (unpaired) electrons. The molecule has 0 saturated carbocycles. The van der Waals surface area contributed by atoms with Gasteiger partial charge in [-0.25, -0.2) is 0 Å². The van der Waals surface area contributed by atoms with E-state index in [1.807, 2.05) is 6.07 Å². The molecule has 0 aliphatic rings. The third kappa shape index (κ3) is 0.265. The van der Waals surface area contributed by atoms with Crippen LogP contribution >= 0.6 is 0 Å². The maximum atomic E-state index is 3.60. The molecule has 1 rings (SSSR count). The van der Waals surface area contributed by atoms with Crippen molar-refractivity contribution in [2.45, 2.75) is 0 Å². The molecule has 0 amide bonds. The van der Waals surface area contributed by atoms with Gasteiger partial charge >= 0.3 is 0 Å². The lowest BCUT2D eigenvalue weighted by Gasteiger charge is -1.49. The quantitative estimate of drug-likeness (QED) is 0.473. The van der Waals surface area contributed by atoms with E-state index >= 15 is 0 Å². The molecular formula is C3H5N2. The van der Waals surface area contributed by atoms with Gasteiger partial charge in [-0.2, -0.15) is 5.10 Å². The standard InChI is InChI=1S/C3H4N2.H/c1-2-4-5-3-1;/h1-3H,(H,4,5);/i;1+1. The van der Waals surface area contributed by atoms with Gasteiger partial charge in [0.2, 0.25) is 0 Å². The zero-order valence-electron chi connectivity index (χ0n) is 3.68. The molecule has 0 spiro atoms. The molecule has 0 aliphatic carbocycles. The number of H-pyrrole nitrogens is 1. The zero-order chi connectivity index (χ0) is 3.54. The van der Waals surface area contributed by atoms with Gasteiger partial charge in [0.1, 0.15) is 0 Å². The van der Waals surface area contributed by atoms with Crippen LogP contribution in [0.4, 0.5) is 0 Å². The number of aromatic amines is 1. The van der Waals surface area contributed by atoms with Crippen LogP contribution in [0.1, 0.15) is 1.43 Å². The predicted octanol–water partition coefficient (Wildman–Crippen LogP) is 0.522. The Kier molecular flexibility index (Phi) is 0.433. The molecule has 0 bridgehead atoms. The second-order valence-electron chi connectivity index (χ2n) is 0.766. The molecule has 0 unspecified atom stereocenters. The van der Waals surface area contributed by atoms with Crippen molar-refractivity contribution in [2.24, 2.45) is 0 Å². The maximum Gasteiger partial charge on any atom is 0.0487 e. The average molecular weight is 70.1 g/mol. The fourth-order valence-corrected chi connectivity index (χ4v) is 0.215. The third-order valence-electron chi connectivity index (χ3n) is 0.406. The van der Waals surface area contributed by atoms with Gasteiger partial charge in [-0.05, 0) is 6.07 Å². The first-order valence-corrected chi connectivity index (χ1v) is 1.44. The molecule has 2 nitrogen and oxygen atoms in total. The molecule has 0 aromatic carbocycles. The third-order valence-corrected chi connectivity index (χ3v) is 0.406. The van der Waals surface area contributed by atoms with Gasteiger partial charge in [0.15, 0.2) is 0 Å². The van der Waals surface area contributed by atoms with Crippen LogP contribution in [-0.4, -0.2) is 10.2 Å². The Bertz CT molecular complexity index is 65.3. The highest BCUT2D eigenvalue weighted by atomic mass is 15.1. The Morgan fingerprint density at radius 1 is 1.80 bits per heavy atom. The molecule has 0 fully saturated rings. The lowest BCUT2D eigenvalue weighted by atomic mass is 10.8. The lowest BCUT2D eigenvalue weighted by Crippen LogP contribution is -1.53. The Labute approximate surface area is 31.3 Å². The molecule has 1 heterocycles. The van der Waals surface area contributed by atoms with Crippen LogP contribution in [0.3, 0.4) is 0 Å². The number of aromatic nitrogens is 2. The van der Waals surface area contributed by atoms with Crippen molar-refractivity contribution in [3.8, 4) is 0 Å². The van der Waals surface area contributed by atoms with Crippen LogP contribution in [0.25, 0.3) is 0 Å². The summed E-state index contributed by atoms with van der Waals surface area (Å²) in [5.41, 5.74) is 0. The topological polar surface area (TPSA) is 28.7 Å². The Balaban J connectivity index is 0.000000250. The summed E-state index contributed by atoms with van der Waals surface area (Å²) < 4.78 is 0. The Morgan fingerprint density at radius 2 is 2.80 bits per heavy atom. The smallest absolute Gasteiger partial charge is 0.0487 e. The maximum absolute atomic E-state index is 3.60.